The van der Waals surface area contributed by atoms with Crippen LogP contribution in [0.25, 0.3) is 17.7 Å². The number of nitrogens with zero attached hydrogens (tertiary/aromatic N) is 4. The lowest BCUT2D eigenvalue weighted by atomic mass is 9.96. The fourth-order valence-electron chi connectivity index (χ4n) is 4.98. The van der Waals surface area contributed by atoms with Crippen LogP contribution >= 0.6 is 0 Å². The van der Waals surface area contributed by atoms with Gasteiger partial charge in [-0.1, -0.05) is 103 Å². The molecule has 0 amide bonds. The Morgan fingerprint density at radius 1 is 0.979 bits per heavy atom. The van der Waals surface area contributed by atoms with E-state index in [-0.39, 0.29) is 11.3 Å². The summed E-state index contributed by atoms with van der Waals surface area (Å²) in [5.41, 5.74) is 7.48. The van der Waals surface area contributed by atoms with Gasteiger partial charge in [0.15, 0.2) is 5.78 Å². The van der Waals surface area contributed by atoms with E-state index < -0.39 is 5.82 Å². The summed E-state index contributed by atoms with van der Waals surface area (Å²) < 4.78 is 16.5. The molecule has 1 atom stereocenters. The number of halogens is 1. The number of hydrogen-bond donors (Lipinski definition) is 0. The maximum absolute atomic E-state index is 14.5. The van der Waals surface area contributed by atoms with Crippen LogP contribution in [0.1, 0.15) is 173 Å². The topological polar surface area (TPSA) is 60.1 Å². The Kier molecular flexibility index (Phi) is 22.1. The molecule has 0 unspecified atom stereocenters. The SMILES string of the molecule is C/C=C(\C=NC(C)=C(C)C)CC.C=Cc1c(/C=C(\C)c2ccc(C(C)=O)c(F)c2C)nnn1C(CCC)CCC.CCC[C@@H](C)CC. The monoisotopic (exact) mass is 649 g/mol. The zero-order valence-electron chi connectivity index (χ0n) is 32.1. The Morgan fingerprint density at radius 2 is 1.55 bits per heavy atom. The fraction of sp³-hybridized carbons (Fsp3) is 0.561. The largest absolute Gasteiger partial charge is 0.294 e. The molecule has 2 rings (SSSR count). The molecule has 1 aromatic carbocycles. The van der Waals surface area contributed by atoms with Gasteiger partial charge in [0.05, 0.1) is 17.3 Å². The lowest BCUT2D eigenvalue weighted by Gasteiger charge is -2.17. The van der Waals surface area contributed by atoms with Crippen molar-refractivity contribution in [2.75, 3.05) is 0 Å². The Bertz CT molecular complexity index is 1370. The molecular formula is C41H65FN4O. The first-order valence-corrected chi connectivity index (χ1v) is 17.7. The van der Waals surface area contributed by atoms with Crippen molar-refractivity contribution in [3.05, 3.63) is 75.5 Å². The summed E-state index contributed by atoms with van der Waals surface area (Å²) in [7, 11) is 0. The highest BCUT2D eigenvalue weighted by Crippen LogP contribution is 2.28. The molecular weight excluding hydrogens is 583 g/mol. The van der Waals surface area contributed by atoms with Gasteiger partial charge in [-0.2, -0.15) is 0 Å². The molecule has 0 aliphatic carbocycles. The van der Waals surface area contributed by atoms with Gasteiger partial charge < -0.3 is 0 Å². The van der Waals surface area contributed by atoms with Crippen LogP contribution < -0.4 is 0 Å². The molecule has 0 saturated carbocycles. The highest BCUT2D eigenvalue weighted by molar-refractivity contribution is 5.95. The molecule has 0 bridgehead atoms. The van der Waals surface area contributed by atoms with Crippen LogP contribution in [0.2, 0.25) is 0 Å². The summed E-state index contributed by atoms with van der Waals surface area (Å²) in [4.78, 5) is 15.9. The molecule has 6 heteroatoms. The van der Waals surface area contributed by atoms with Crippen LogP contribution in [0.4, 0.5) is 4.39 Å². The van der Waals surface area contributed by atoms with E-state index >= 15 is 0 Å². The summed E-state index contributed by atoms with van der Waals surface area (Å²) in [5, 5.41) is 8.73. The molecule has 0 aliphatic rings. The quantitative estimate of drug-likeness (QED) is 0.143. The van der Waals surface area contributed by atoms with Crippen molar-refractivity contribution in [1.82, 2.24) is 15.0 Å². The minimum Gasteiger partial charge on any atom is -0.294 e. The molecule has 0 spiro atoms. The molecule has 0 fully saturated rings. The third-order valence-corrected chi connectivity index (χ3v) is 8.49. The molecule has 1 aromatic heterocycles. The van der Waals surface area contributed by atoms with Crippen LogP contribution in [0, 0.1) is 18.7 Å². The van der Waals surface area contributed by atoms with Crippen molar-refractivity contribution in [1.29, 1.82) is 0 Å². The van der Waals surface area contributed by atoms with Crippen LogP contribution in [0.5, 0.6) is 0 Å². The molecule has 2 aromatic rings. The first kappa shape index (κ1) is 43.6. The summed E-state index contributed by atoms with van der Waals surface area (Å²) in [6.45, 7) is 30.4. The predicted octanol–water partition coefficient (Wildman–Crippen LogP) is 12.8. The van der Waals surface area contributed by atoms with Crippen molar-refractivity contribution < 1.29 is 9.18 Å². The maximum atomic E-state index is 14.5. The first-order valence-electron chi connectivity index (χ1n) is 17.7. The summed E-state index contributed by atoms with van der Waals surface area (Å²) >= 11 is 0. The number of aromatic nitrogens is 3. The standard InChI is InChI=1S/C23H30FN3O.C11H19N.C7H16/c1-7-10-18(11-8-2)27-22(9-3)21(25-26-27)14-15(4)19-12-13-20(17(6)28)23(24)16(19)5;1-6-11(7-2)8-12-10(5)9(3)4;1-4-6-7(3)5-2/h9,12-14,18H,3,7-8,10-11H2,1-2,4-6H3;6,8H,7H2,1-5H3;7H,4-6H2,1-3H3/b15-14+;11-6-,12-8?;/t;;7-/m..0/s1. The fourth-order valence-corrected chi connectivity index (χ4v) is 4.98. The Balaban J connectivity index is 0.000000916. The Hall–Kier alpha value is -3.41. The Morgan fingerprint density at radius 3 is 1.98 bits per heavy atom. The molecule has 0 aliphatic heterocycles. The number of Topliss-reactive ketones (excluding diaryl/α,β-unsaturated/α-hetero) is 1. The highest BCUT2D eigenvalue weighted by atomic mass is 19.1. The van der Waals surface area contributed by atoms with Crippen LogP contribution in [0.3, 0.4) is 0 Å². The summed E-state index contributed by atoms with van der Waals surface area (Å²) in [5.74, 6) is 0.213. The smallest absolute Gasteiger partial charge is 0.162 e. The first-order chi connectivity index (χ1) is 22.3. The van der Waals surface area contributed by atoms with Crippen LogP contribution in [-0.2, 0) is 0 Å². The van der Waals surface area contributed by atoms with Crippen LogP contribution in [-0.4, -0.2) is 27.0 Å². The highest BCUT2D eigenvalue weighted by Gasteiger charge is 2.18. The minimum absolute atomic E-state index is 0.119. The van der Waals surface area contributed by atoms with Crippen molar-refractivity contribution in [2.45, 2.75) is 147 Å². The number of benzene rings is 1. The zero-order valence-corrected chi connectivity index (χ0v) is 32.1. The second-order valence-electron chi connectivity index (χ2n) is 12.6. The number of ketones is 1. The van der Waals surface area contributed by atoms with Crippen molar-refractivity contribution >= 4 is 29.7 Å². The average Bonchev–Trinajstić information content (AvgIpc) is 3.45. The number of carbonyl (C=O) groups is 1. The van der Waals surface area contributed by atoms with Gasteiger partial charge in [-0.05, 0) is 114 Å². The zero-order chi connectivity index (χ0) is 36.1. The van der Waals surface area contributed by atoms with Gasteiger partial charge in [0.2, 0.25) is 0 Å². The normalized spacial score (nSPS) is 12.3. The molecule has 5 nitrogen and oxygen atoms in total. The number of aliphatic imine (C=N–C) groups is 1. The lowest BCUT2D eigenvalue weighted by Crippen LogP contribution is -2.12. The van der Waals surface area contributed by atoms with E-state index in [9.17, 15) is 9.18 Å². The Labute approximate surface area is 287 Å². The van der Waals surface area contributed by atoms with E-state index in [0.29, 0.717) is 11.6 Å². The van der Waals surface area contributed by atoms with Gasteiger partial charge in [0.25, 0.3) is 0 Å². The molecule has 47 heavy (non-hydrogen) atoms. The van der Waals surface area contributed by atoms with E-state index in [1.54, 1.807) is 25.1 Å². The molecule has 0 N–H and O–H groups in total. The van der Waals surface area contributed by atoms with Gasteiger partial charge in [-0.3, -0.25) is 9.79 Å². The number of carbonyl (C=O) groups excluding carboxylic acids is 1. The number of allylic oxidation sites excluding steroid dienone is 5. The van der Waals surface area contributed by atoms with E-state index in [2.05, 4.69) is 83.3 Å². The van der Waals surface area contributed by atoms with Gasteiger partial charge in [0, 0.05) is 11.9 Å². The molecule has 1 heterocycles. The van der Waals surface area contributed by atoms with Gasteiger partial charge in [0.1, 0.15) is 11.5 Å². The van der Waals surface area contributed by atoms with E-state index in [0.717, 1.165) is 66.2 Å². The molecule has 0 saturated heterocycles. The van der Waals surface area contributed by atoms with Crippen molar-refractivity contribution in [3.8, 4) is 0 Å². The van der Waals surface area contributed by atoms with E-state index in [1.165, 1.54) is 37.3 Å². The van der Waals surface area contributed by atoms with Gasteiger partial charge >= 0.3 is 0 Å². The minimum atomic E-state index is -0.462. The van der Waals surface area contributed by atoms with Crippen LogP contribution in [0.15, 0.2) is 46.6 Å². The lowest BCUT2D eigenvalue weighted by molar-refractivity contribution is 0.101. The van der Waals surface area contributed by atoms with E-state index in [4.69, 9.17) is 0 Å². The van der Waals surface area contributed by atoms with E-state index in [1.807, 2.05) is 37.7 Å². The maximum Gasteiger partial charge on any atom is 0.162 e. The number of rotatable bonds is 15. The molecule has 0 radical (unpaired) electrons. The second kappa shape index (κ2) is 23.8. The van der Waals surface area contributed by atoms with Crippen molar-refractivity contribution in [2.24, 2.45) is 10.9 Å². The summed E-state index contributed by atoms with van der Waals surface area (Å²) in [6.07, 6.45) is 17.1. The van der Waals surface area contributed by atoms with Gasteiger partial charge in [-0.25, -0.2) is 9.07 Å². The van der Waals surface area contributed by atoms with Crippen molar-refractivity contribution in [3.63, 3.8) is 0 Å². The van der Waals surface area contributed by atoms with Gasteiger partial charge in [-0.15, -0.1) is 5.10 Å². The third kappa shape index (κ3) is 14.9. The number of hydrogen-bond acceptors (Lipinski definition) is 4. The average molecular weight is 649 g/mol. The summed E-state index contributed by atoms with van der Waals surface area (Å²) in [6, 6.07) is 3.63. The molecule has 262 valence electrons. The predicted molar refractivity (Wildman–Crippen MR) is 205 cm³/mol. The second-order valence-corrected chi connectivity index (χ2v) is 12.6. The third-order valence-electron chi connectivity index (χ3n) is 8.49.